The molecule has 2 rings (SSSR count). The fourth-order valence-electron chi connectivity index (χ4n) is 1.38. The Morgan fingerprint density at radius 1 is 1.24 bits per heavy atom. The average Bonchev–Trinajstić information content (AvgIpc) is 2.34. The summed E-state index contributed by atoms with van der Waals surface area (Å²) >= 11 is 3.38. The van der Waals surface area contributed by atoms with E-state index in [1.54, 1.807) is 25.6 Å². The normalized spacial score (nSPS) is 10.1. The molecule has 1 N–H and O–H groups in total. The van der Waals surface area contributed by atoms with Gasteiger partial charge >= 0.3 is 0 Å². The highest BCUT2D eigenvalue weighted by Gasteiger charge is 2.02. The van der Waals surface area contributed by atoms with E-state index in [1.165, 1.54) is 0 Å². The minimum absolute atomic E-state index is 0.594. The van der Waals surface area contributed by atoms with Crippen molar-refractivity contribution >= 4 is 27.4 Å². The van der Waals surface area contributed by atoms with Gasteiger partial charge in [0.25, 0.3) is 0 Å². The Morgan fingerprint density at radius 2 is 2.06 bits per heavy atom. The van der Waals surface area contributed by atoms with Gasteiger partial charge < -0.3 is 10.1 Å². The van der Waals surface area contributed by atoms with Crippen molar-refractivity contribution in [2.24, 2.45) is 0 Å². The number of aromatic nitrogens is 2. The number of hydrogen-bond donors (Lipinski definition) is 1. The molecular weight excluding hydrogens is 282 g/mol. The van der Waals surface area contributed by atoms with E-state index in [0.29, 0.717) is 5.88 Å². The minimum Gasteiger partial charge on any atom is -0.481 e. The summed E-state index contributed by atoms with van der Waals surface area (Å²) in [5.41, 5.74) is 1.94. The van der Waals surface area contributed by atoms with Crippen LogP contribution in [0.5, 0.6) is 5.88 Å². The number of methoxy groups -OCH3 is 1. The van der Waals surface area contributed by atoms with Gasteiger partial charge in [0.05, 0.1) is 19.0 Å². The predicted octanol–water partition coefficient (Wildman–Crippen LogP) is 3.30. The van der Waals surface area contributed by atoms with Crippen LogP contribution in [0, 0.1) is 6.92 Å². The quantitative estimate of drug-likeness (QED) is 0.943. The monoisotopic (exact) mass is 293 g/mol. The van der Waals surface area contributed by atoms with Crippen LogP contribution < -0.4 is 10.1 Å². The third-order valence-corrected chi connectivity index (χ3v) is 2.69. The van der Waals surface area contributed by atoms with Gasteiger partial charge in [0.15, 0.2) is 0 Å². The van der Waals surface area contributed by atoms with E-state index in [1.807, 2.05) is 19.1 Å². The summed E-state index contributed by atoms with van der Waals surface area (Å²) in [6.45, 7) is 2.00. The summed E-state index contributed by atoms with van der Waals surface area (Å²) in [5.74, 6) is 1.41. The van der Waals surface area contributed by atoms with Crippen LogP contribution in [0.2, 0.25) is 0 Å². The number of hydrogen-bond acceptors (Lipinski definition) is 4. The SMILES string of the molecule is COc1ccc(Nc2ncc(Br)cc2C)cn1. The Morgan fingerprint density at radius 3 is 2.65 bits per heavy atom. The van der Waals surface area contributed by atoms with Crippen LogP contribution in [0.25, 0.3) is 0 Å². The predicted molar refractivity (Wildman–Crippen MR) is 70.7 cm³/mol. The number of aryl methyl sites for hydroxylation is 1. The number of nitrogens with one attached hydrogen (secondary N) is 1. The Kier molecular flexibility index (Phi) is 3.58. The van der Waals surface area contributed by atoms with Gasteiger partial charge in [0.1, 0.15) is 5.82 Å². The molecule has 0 saturated heterocycles. The van der Waals surface area contributed by atoms with Gasteiger partial charge in [0.2, 0.25) is 5.88 Å². The second kappa shape index (κ2) is 5.14. The van der Waals surface area contributed by atoms with Crippen LogP contribution in [0.1, 0.15) is 5.56 Å². The maximum absolute atomic E-state index is 5.00. The van der Waals surface area contributed by atoms with Gasteiger partial charge in [-0.05, 0) is 40.5 Å². The summed E-state index contributed by atoms with van der Waals surface area (Å²) in [5, 5.41) is 3.20. The molecule has 0 bridgehead atoms. The van der Waals surface area contributed by atoms with E-state index < -0.39 is 0 Å². The smallest absolute Gasteiger partial charge is 0.213 e. The third-order valence-electron chi connectivity index (χ3n) is 2.25. The molecule has 0 atom stereocenters. The summed E-state index contributed by atoms with van der Waals surface area (Å²) in [6.07, 6.45) is 3.47. The standard InChI is InChI=1S/C12H12BrN3O/c1-8-5-9(13)6-15-12(8)16-10-3-4-11(17-2)14-7-10/h3-7H,1-2H3,(H,15,16). The molecule has 0 aromatic carbocycles. The van der Waals surface area contributed by atoms with E-state index in [-0.39, 0.29) is 0 Å². The number of pyridine rings is 2. The van der Waals surface area contributed by atoms with Crippen molar-refractivity contribution in [1.82, 2.24) is 9.97 Å². The van der Waals surface area contributed by atoms with Crippen molar-refractivity contribution in [1.29, 1.82) is 0 Å². The Bertz CT molecular complexity index is 514. The van der Waals surface area contributed by atoms with E-state index in [0.717, 1.165) is 21.5 Å². The molecule has 0 radical (unpaired) electrons. The van der Waals surface area contributed by atoms with Gasteiger partial charge in [0, 0.05) is 16.7 Å². The maximum atomic E-state index is 5.00. The summed E-state index contributed by atoms with van der Waals surface area (Å²) < 4.78 is 5.96. The molecule has 0 unspecified atom stereocenters. The van der Waals surface area contributed by atoms with Gasteiger partial charge in [-0.25, -0.2) is 9.97 Å². The van der Waals surface area contributed by atoms with Crippen LogP contribution >= 0.6 is 15.9 Å². The minimum atomic E-state index is 0.594. The summed E-state index contributed by atoms with van der Waals surface area (Å²) in [7, 11) is 1.59. The molecule has 2 heterocycles. The molecule has 0 aliphatic rings. The van der Waals surface area contributed by atoms with Gasteiger partial charge in [-0.1, -0.05) is 0 Å². The summed E-state index contributed by atoms with van der Waals surface area (Å²) in [4.78, 5) is 8.42. The molecule has 0 spiro atoms. The first kappa shape index (κ1) is 11.9. The zero-order valence-electron chi connectivity index (χ0n) is 9.57. The third kappa shape index (κ3) is 2.94. The molecule has 0 fully saturated rings. The van der Waals surface area contributed by atoms with Crippen molar-refractivity contribution in [3.8, 4) is 5.88 Å². The van der Waals surface area contributed by atoms with Crippen LogP contribution in [-0.4, -0.2) is 17.1 Å². The first-order valence-corrected chi connectivity index (χ1v) is 5.87. The van der Waals surface area contributed by atoms with Crippen molar-refractivity contribution in [3.63, 3.8) is 0 Å². The second-order valence-corrected chi connectivity index (χ2v) is 4.45. The number of anilines is 2. The van der Waals surface area contributed by atoms with Gasteiger partial charge in [-0.3, -0.25) is 0 Å². The molecule has 0 amide bonds. The molecule has 2 aromatic heterocycles. The second-order valence-electron chi connectivity index (χ2n) is 3.53. The van der Waals surface area contributed by atoms with Crippen LogP contribution in [0.3, 0.4) is 0 Å². The molecule has 0 saturated carbocycles. The van der Waals surface area contributed by atoms with Crippen LogP contribution in [-0.2, 0) is 0 Å². The largest absolute Gasteiger partial charge is 0.481 e. The van der Waals surface area contributed by atoms with Crippen LogP contribution in [0.15, 0.2) is 35.1 Å². The lowest BCUT2D eigenvalue weighted by Gasteiger charge is -2.08. The highest BCUT2D eigenvalue weighted by atomic mass is 79.9. The van der Waals surface area contributed by atoms with Crippen molar-refractivity contribution in [2.75, 3.05) is 12.4 Å². The summed E-state index contributed by atoms with van der Waals surface area (Å²) in [6, 6.07) is 5.71. The van der Waals surface area contributed by atoms with Crippen molar-refractivity contribution < 1.29 is 4.74 Å². The molecule has 5 heteroatoms. The average molecular weight is 294 g/mol. The van der Waals surface area contributed by atoms with Gasteiger partial charge in [-0.15, -0.1) is 0 Å². The Balaban J connectivity index is 2.19. The first-order valence-electron chi connectivity index (χ1n) is 5.08. The highest BCUT2D eigenvalue weighted by molar-refractivity contribution is 9.10. The number of halogens is 1. The Hall–Kier alpha value is -1.62. The molecule has 0 aliphatic heterocycles. The lowest BCUT2D eigenvalue weighted by molar-refractivity contribution is 0.398. The zero-order valence-corrected chi connectivity index (χ0v) is 11.2. The molecular formula is C12H12BrN3O. The molecule has 88 valence electrons. The van der Waals surface area contributed by atoms with E-state index >= 15 is 0 Å². The van der Waals surface area contributed by atoms with Crippen molar-refractivity contribution in [3.05, 3.63) is 40.6 Å². The molecule has 0 aliphatic carbocycles. The fraction of sp³-hybridized carbons (Fsp3) is 0.167. The van der Waals surface area contributed by atoms with E-state index in [4.69, 9.17) is 4.74 Å². The molecule has 2 aromatic rings. The molecule has 17 heavy (non-hydrogen) atoms. The van der Waals surface area contributed by atoms with E-state index in [9.17, 15) is 0 Å². The van der Waals surface area contributed by atoms with Crippen molar-refractivity contribution in [2.45, 2.75) is 6.92 Å². The lowest BCUT2D eigenvalue weighted by atomic mass is 10.3. The topological polar surface area (TPSA) is 47.0 Å². The number of nitrogens with zero attached hydrogens (tertiary/aromatic N) is 2. The van der Waals surface area contributed by atoms with Crippen LogP contribution in [0.4, 0.5) is 11.5 Å². The lowest BCUT2D eigenvalue weighted by Crippen LogP contribution is -1.97. The van der Waals surface area contributed by atoms with Gasteiger partial charge in [-0.2, -0.15) is 0 Å². The Labute approximate surface area is 108 Å². The zero-order chi connectivity index (χ0) is 12.3. The maximum Gasteiger partial charge on any atom is 0.213 e. The fourth-order valence-corrected chi connectivity index (χ4v) is 1.83. The van der Waals surface area contributed by atoms with E-state index in [2.05, 4.69) is 31.2 Å². The number of ether oxygens (including phenoxy) is 1. The highest BCUT2D eigenvalue weighted by Crippen LogP contribution is 2.21. The molecule has 4 nitrogen and oxygen atoms in total. The first-order chi connectivity index (χ1) is 8.19. The number of rotatable bonds is 3.